The molecule has 1 aromatic rings. The molecule has 0 saturated heterocycles. The van der Waals surface area contributed by atoms with E-state index in [4.69, 9.17) is 0 Å². The highest BCUT2D eigenvalue weighted by molar-refractivity contribution is 5.05. The van der Waals surface area contributed by atoms with Crippen LogP contribution in [0.15, 0.2) is 18.3 Å². The molecule has 0 spiro atoms. The molecule has 1 heterocycles. The molecule has 1 aromatic heterocycles. The first-order chi connectivity index (χ1) is 4.58. The minimum Gasteiger partial charge on any atom is -0.390 e. The van der Waals surface area contributed by atoms with Crippen molar-refractivity contribution in [1.82, 2.24) is 4.98 Å². The van der Waals surface area contributed by atoms with Gasteiger partial charge in [-0.25, -0.2) is 0 Å². The van der Waals surface area contributed by atoms with Gasteiger partial charge in [-0.15, -0.1) is 0 Å². The fraction of sp³-hybridized carbons (Fsp3) is 0.500. The Morgan fingerprint density at radius 3 is 2.70 bits per heavy atom. The summed E-state index contributed by atoms with van der Waals surface area (Å²) < 4.78 is 0. The van der Waals surface area contributed by atoms with E-state index in [-0.39, 0.29) is 0 Å². The van der Waals surface area contributed by atoms with Gasteiger partial charge in [0.2, 0.25) is 0 Å². The van der Waals surface area contributed by atoms with Crippen LogP contribution in [0.4, 0.5) is 0 Å². The average Bonchev–Trinajstić information content (AvgIpc) is 2.12. The van der Waals surface area contributed by atoms with Crippen molar-refractivity contribution in [1.29, 1.82) is 0 Å². The first-order valence-corrected chi connectivity index (χ1v) is 3.42. The van der Waals surface area contributed by atoms with E-state index in [1.54, 1.807) is 13.8 Å². The van der Waals surface area contributed by atoms with Crippen LogP contribution in [0, 0.1) is 0 Å². The van der Waals surface area contributed by atoms with Crippen molar-refractivity contribution in [2.75, 3.05) is 0 Å². The number of hydrogen-bond donors (Lipinski definition) is 2. The predicted octanol–water partition coefficient (Wildman–Crippen LogP) is 1.33. The fourth-order valence-corrected chi connectivity index (χ4v) is 0.944. The Morgan fingerprint density at radius 2 is 2.30 bits per heavy atom. The van der Waals surface area contributed by atoms with Gasteiger partial charge in [0.15, 0.2) is 0 Å². The third kappa shape index (κ3) is 2.23. The number of nitrogens with one attached hydrogen (secondary N) is 1. The lowest BCUT2D eigenvalue weighted by atomic mass is 10.0. The molecular formula is C8H13NO. The summed E-state index contributed by atoms with van der Waals surface area (Å²) in [5, 5.41) is 9.37. The number of aromatic nitrogens is 1. The summed E-state index contributed by atoms with van der Waals surface area (Å²) in [6, 6.07) is 3.90. The highest BCUT2D eigenvalue weighted by Crippen LogP contribution is 2.09. The summed E-state index contributed by atoms with van der Waals surface area (Å²) in [5.74, 6) is 0. The molecule has 0 bridgehead atoms. The molecule has 0 aliphatic heterocycles. The summed E-state index contributed by atoms with van der Waals surface area (Å²) in [7, 11) is 0. The van der Waals surface area contributed by atoms with Crippen molar-refractivity contribution in [3.8, 4) is 0 Å². The number of H-pyrrole nitrogens is 1. The van der Waals surface area contributed by atoms with Crippen molar-refractivity contribution in [3.63, 3.8) is 0 Å². The topological polar surface area (TPSA) is 36.0 Å². The van der Waals surface area contributed by atoms with E-state index in [1.807, 2.05) is 18.3 Å². The van der Waals surface area contributed by atoms with Crippen LogP contribution in [0.2, 0.25) is 0 Å². The van der Waals surface area contributed by atoms with Crippen molar-refractivity contribution in [2.24, 2.45) is 0 Å². The van der Waals surface area contributed by atoms with Crippen molar-refractivity contribution >= 4 is 0 Å². The Morgan fingerprint density at radius 1 is 1.60 bits per heavy atom. The maximum atomic E-state index is 9.37. The van der Waals surface area contributed by atoms with Gasteiger partial charge in [0.05, 0.1) is 5.60 Å². The monoisotopic (exact) mass is 139 g/mol. The zero-order valence-corrected chi connectivity index (χ0v) is 6.39. The smallest absolute Gasteiger partial charge is 0.0646 e. The molecular weight excluding hydrogens is 126 g/mol. The molecule has 0 atom stereocenters. The summed E-state index contributed by atoms with van der Waals surface area (Å²) >= 11 is 0. The molecule has 0 aliphatic carbocycles. The van der Waals surface area contributed by atoms with Crippen molar-refractivity contribution in [3.05, 3.63) is 24.0 Å². The maximum Gasteiger partial charge on any atom is 0.0646 e. The highest BCUT2D eigenvalue weighted by atomic mass is 16.3. The Hall–Kier alpha value is -0.760. The Kier molecular flexibility index (Phi) is 1.81. The third-order valence-corrected chi connectivity index (χ3v) is 1.29. The lowest BCUT2D eigenvalue weighted by Gasteiger charge is -2.15. The number of aliphatic hydroxyl groups is 1. The standard InChI is InChI=1S/C8H13NO/c1-8(2,10)6-7-4-3-5-9-7/h3-5,9-10H,6H2,1-2H3. The number of hydrogen-bond acceptors (Lipinski definition) is 1. The van der Waals surface area contributed by atoms with Gasteiger partial charge >= 0.3 is 0 Å². The zero-order valence-electron chi connectivity index (χ0n) is 6.39. The second-order valence-corrected chi connectivity index (χ2v) is 3.18. The molecule has 0 aromatic carbocycles. The predicted molar refractivity (Wildman–Crippen MR) is 40.8 cm³/mol. The van der Waals surface area contributed by atoms with Crippen LogP contribution >= 0.6 is 0 Å². The Bertz CT molecular complexity index is 184. The molecule has 2 N–H and O–H groups in total. The first-order valence-electron chi connectivity index (χ1n) is 3.42. The van der Waals surface area contributed by atoms with Gasteiger partial charge in [-0.2, -0.15) is 0 Å². The van der Waals surface area contributed by atoms with E-state index < -0.39 is 5.60 Å². The van der Waals surface area contributed by atoms with Gasteiger partial charge in [0, 0.05) is 18.3 Å². The van der Waals surface area contributed by atoms with Crippen LogP contribution in [-0.2, 0) is 6.42 Å². The molecule has 10 heavy (non-hydrogen) atoms. The minimum atomic E-state index is -0.606. The van der Waals surface area contributed by atoms with E-state index in [0.717, 1.165) is 5.69 Å². The molecule has 0 radical (unpaired) electrons. The van der Waals surface area contributed by atoms with E-state index >= 15 is 0 Å². The van der Waals surface area contributed by atoms with E-state index in [0.29, 0.717) is 6.42 Å². The molecule has 0 saturated carbocycles. The fourth-order valence-electron chi connectivity index (χ4n) is 0.944. The first kappa shape index (κ1) is 7.35. The lowest BCUT2D eigenvalue weighted by Crippen LogP contribution is -2.21. The highest BCUT2D eigenvalue weighted by Gasteiger charge is 2.12. The van der Waals surface area contributed by atoms with Crippen molar-refractivity contribution < 1.29 is 5.11 Å². The Balaban J connectivity index is 2.57. The van der Waals surface area contributed by atoms with Crippen LogP contribution in [0.3, 0.4) is 0 Å². The zero-order chi connectivity index (χ0) is 7.61. The van der Waals surface area contributed by atoms with E-state index in [2.05, 4.69) is 4.98 Å². The number of aromatic amines is 1. The van der Waals surface area contributed by atoms with Crippen LogP contribution < -0.4 is 0 Å². The lowest BCUT2D eigenvalue weighted by molar-refractivity contribution is 0.0801. The van der Waals surface area contributed by atoms with Crippen molar-refractivity contribution in [2.45, 2.75) is 25.9 Å². The summed E-state index contributed by atoms with van der Waals surface area (Å²) in [5.41, 5.74) is 0.470. The van der Waals surface area contributed by atoms with Gasteiger partial charge in [-0.1, -0.05) is 0 Å². The SMILES string of the molecule is CC(C)(O)Cc1ccc[nH]1. The molecule has 1 rings (SSSR count). The summed E-state index contributed by atoms with van der Waals surface area (Å²) in [6.45, 7) is 3.60. The molecule has 56 valence electrons. The second-order valence-electron chi connectivity index (χ2n) is 3.18. The van der Waals surface area contributed by atoms with Crippen LogP contribution in [0.1, 0.15) is 19.5 Å². The van der Waals surface area contributed by atoms with Crippen LogP contribution in [0.5, 0.6) is 0 Å². The summed E-state index contributed by atoms with van der Waals surface area (Å²) in [6.07, 6.45) is 2.54. The molecule has 0 unspecified atom stereocenters. The van der Waals surface area contributed by atoms with Crippen LogP contribution in [-0.4, -0.2) is 15.7 Å². The quantitative estimate of drug-likeness (QED) is 0.637. The van der Waals surface area contributed by atoms with Gasteiger partial charge in [0.1, 0.15) is 0 Å². The third-order valence-electron chi connectivity index (χ3n) is 1.29. The minimum absolute atomic E-state index is 0.606. The van der Waals surface area contributed by atoms with E-state index in [1.165, 1.54) is 0 Å². The number of rotatable bonds is 2. The second kappa shape index (κ2) is 2.46. The van der Waals surface area contributed by atoms with Gasteiger partial charge in [-0.05, 0) is 26.0 Å². The van der Waals surface area contributed by atoms with Gasteiger partial charge < -0.3 is 10.1 Å². The molecule has 0 fully saturated rings. The van der Waals surface area contributed by atoms with Gasteiger partial charge in [-0.3, -0.25) is 0 Å². The normalized spacial score (nSPS) is 11.9. The van der Waals surface area contributed by atoms with E-state index in [9.17, 15) is 5.11 Å². The molecule has 2 nitrogen and oxygen atoms in total. The summed E-state index contributed by atoms with van der Waals surface area (Å²) in [4.78, 5) is 3.03. The molecule has 0 aliphatic rings. The van der Waals surface area contributed by atoms with Gasteiger partial charge in [0.25, 0.3) is 0 Å². The average molecular weight is 139 g/mol. The molecule has 2 heteroatoms. The molecule has 0 amide bonds. The van der Waals surface area contributed by atoms with Crippen LogP contribution in [0.25, 0.3) is 0 Å². The maximum absolute atomic E-state index is 9.37. The largest absolute Gasteiger partial charge is 0.390 e. The Labute approximate surface area is 60.9 Å².